The van der Waals surface area contributed by atoms with Crippen LogP contribution in [0.4, 0.5) is 0 Å². The fourth-order valence-corrected chi connectivity index (χ4v) is 4.44. The quantitative estimate of drug-likeness (QED) is 0.394. The molecule has 0 aliphatic heterocycles. The summed E-state index contributed by atoms with van der Waals surface area (Å²) in [4.78, 5) is 4.36. The standard InChI is InChI=1S/C23H18N4S/c1-15-10-19(17-6-4-3-5-7-17)11-16(2)22(15)27-13-25-26-23(27)18-8-9-20-21(12-18)28-14-24-20/h3-14H,1-2H3. The molecule has 0 N–H and O–H groups in total. The normalized spacial score (nSPS) is 11.2. The Morgan fingerprint density at radius 3 is 2.39 bits per heavy atom. The number of hydrogen-bond acceptors (Lipinski definition) is 4. The molecule has 0 saturated carbocycles. The van der Waals surface area contributed by atoms with Crippen LogP contribution >= 0.6 is 11.3 Å². The second kappa shape index (κ2) is 6.69. The Morgan fingerprint density at radius 1 is 0.821 bits per heavy atom. The molecular weight excluding hydrogens is 364 g/mol. The van der Waals surface area contributed by atoms with Crippen LogP contribution in [0.25, 0.3) is 38.4 Å². The fraction of sp³-hybridized carbons (Fsp3) is 0.0870. The molecule has 0 aliphatic carbocycles. The van der Waals surface area contributed by atoms with Crippen LogP contribution in [0.1, 0.15) is 11.1 Å². The third-order valence-electron chi connectivity index (χ3n) is 4.98. The van der Waals surface area contributed by atoms with Crippen LogP contribution in [0, 0.1) is 13.8 Å². The van der Waals surface area contributed by atoms with E-state index >= 15 is 0 Å². The van der Waals surface area contributed by atoms with Crippen LogP contribution < -0.4 is 0 Å². The lowest BCUT2D eigenvalue weighted by atomic mass is 9.98. The number of nitrogens with zero attached hydrogens (tertiary/aromatic N) is 4. The van der Waals surface area contributed by atoms with Gasteiger partial charge in [0, 0.05) is 5.56 Å². The Morgan fingerprint density at radius 2 is 1.61 bits per heavy atom. The van der Waals surface area contributed by atoms with E-state index in [-0.39, 0.29) is 0 Å². The first-order chi connectivity index (χ1) is 13.7. The average molecular weight is 382 g/mol. The summed E-state index contributed by atoms with van der Waals surface area (Å²) in [7, 11) is 0. The average Bonchev–Trinajstić information content (AvgIpc) is 3.37. The van der Waals surface area contributed by atoms with Crippen molar-refractivity contribution in [2.45, 2.75) is 13.8 Å². The molecular formula is C23H18N4S. The topological polar surface area (TPSA) is 43.6 Å². The van der Waals surface area contributed by atoms with Crippen molar-refractivity contribution in [3.05, 3.63) is 83.6 Å². The second-order valence-electron chi connectivity index (χ2n) is 6.88. The summed E-state index contributed by atoms with van der Waals surface area (Å²) in [6.07, 6.45) is 1.80. The Balaban J connectivity index is 1.64. The highest BCUT2D eigenvalue weighted by atomic mass is 32.1. The summed E-state index contributed by atoms with van der Waals surface area (Å²) in [5.41, 5.74) is 9.89. The summed E-state index contributed by atoms with van der Waals surface area (Å²) in [5.74, 6) is 0.842. The maximum atomic E-state index is 4.41. The molecule has 5 aromatic rings. The van der Waals surface area contributed by atoms with E-state index in [1.807, 2.05) is 17.6 Å². The molecule has 2 heterocycles. The van der Waals surface area contributed by atoms with E-state index in [0.29, 0.717) is 0 Å². The van der Waals surface area contributed by atoms with E-state index in [1.165, 1.54) is 22.3 Å². The van der Waals surface area contributed by atoms with Gasteiger partial charge in [0.1, 0.15) is 6.33 Å². The molecule has 28 heavy (non-hydrogen) atoms. The lowest BCUT2D eigenvalue weighted by Gasteiger charge is -2.15. The minimum atomic E-state index is 0.842. The number of fused-ring (bicyclic) bond motifs is 1. The van der Waals surface area contributed by atoms with Gasteiger partial charge in [0.25, 0.3) is 0 Å². The van der Waals surface area contributed by atoms with Crippen molar-refractivity contribution < 1.29 is 0 Å². The van der Waals surface area contributed by atoms with Gasteiger partial charge >= 0.3 is 0 Å². The van der Waals surface area contributed by atoms with Gasteiger partial charge in [0.2, 0.25) is 0 Å². The summed E-state index contributed by atoms with van der Waals surface area (Å²) in [6, 6.07) is 21.2. The molecule has 0 fully saturated rings. The lowest BCUT2D eigenvalue weighted by Crippen LogP contribution is -2.02. The van der Waals surface area contributed by atoms with Crippen molar-refractivity contribution >= 4 is 21.6 Å². The predicted octanol–water partition coefficient (Wildman–Crippen LogP) is 5.83. The Kier molecular flexibility index (Phi) is 4.02. The van der Waals surface area contributed by atoms with Gasteiger partial charge in [-0.05, 0) is 66.4 Å². The van der Waals surface area contributed by atoms with Crippen LogP contribution in [0.3, 0.4) is 0 Å². The highest BCUT2D eigenvalue weighted by Crippen LogP contribution is 2.31. The molecule has 5 heteroatoms. The van der Waals surface area contributed by atoms with Crippen molar-refractivity contribution in [2.24, 2.45) is 0 Å². The zero-order valence-corrected chi connectivity index (χ0v) is 16.4. The number of aryl methyl sites for hydroxylation is 2. The number of aromatic nitrogens is 4. The third kappa shape index (κ3) is 2.80. The maximum absolute atomic E-state index is 4.41. The zero-order valence-electron chi connectivity index (χ0n) is 15.6. The van der Waals surface area contributed by atoms with Gasteiger partial charge in [0.15, 0.2) is 5.82 Å². The van der Waals surface area contributed by atoms with Crippen molar-refractivity contribution in [3.63, 3.8) is 0 Å². The van der Waals surface area contributed by atoms with E-state index < -0.39 is 0 Å². The molecule has 4 nitrogen and oxygen atoms in total. The van der Waals surface area contributed by atoms with Crippen LogP contribution in [-0.4, -0.2) is 19.7 Å². The highest BCUT2D eigenvalue weighted by molar-refractivity contribution is 7.16. The van der Waals surface area contributed by atoms with Gasteiger partial charge in [-0.15, -0.1) is 21.5 Å². The Labute approximate surface area is 167 Å². The molecule has 0 bridgehead atoms. The molecule has 2 aromatic heterocycles. The van der Waals surface area contributed by atoms with Gasteiger partial charge < -0.3 is 0 Å². The molecule has 136 valence electrons. The number of hydrogen-bond donors (Lipinski definition) is 0. The summed E-state index contributed by atoms with van der Waals surface area (Å²) in [5, 5.41) is 8.62. The van der Waals surface area contributed by atoms with Gasteiger partial charge in [-0.1, -0.05) is 30.3 Å². The monoisotopic (exact) mass is 382 g/mol. The Hall–Kier alpha value is -3.31. The summed E-state index contributed by atoms with van der Waals surface area (Å²) < 4.78 is 3.24. The fourth-order valence-electron chi connectivity index (χ4n) is 3.72. The first kappa shape index (κ1) is 16.8. The van der Waals surface area contributed by atoms with Crippen LogP contribution in [0.15, 0.2) is 72.5 Å². The molecule has 3 aromatic carbocycles. The molecule has 0 atom stereocenters. The number of benzene rings is 3. The van der Waals surface area contributed by atoms with Crippen LogP contribution in [0.5, 0.6) is 0 Å². The molecule has 0 amide bonds. The summed E-state index contributed by atoms with van der Waals surface area (Å²) in [6.45, 7) is 4.29. The zero-order chi connectivity index (χ0) is 19.1. The SMILES string of the molecule is Cc1cc(-c2ccccc2)cc(C)c1-n1cnnc1-c1ccc2ncsc2c1. The van der Waals surface area contributed by atoms with Crippen molar-refractivity contribution in [1.29, 1.82) is 0 Å². The van der Waals surface area contributed by atoms with E-state index in [1.54, 1.807) is 17.7 Å². The minimum Gasteiger partial charge on any atom is -0.281 e. The van der Waals surface area contributed by atoms with E-state index in [0.717, 1.165) is 27.3 Å². The van der Waals surface area contributed by atoms with Gasteiger partial charge in [-0.3, -0.25) is 4.57 Å². The van der Waals surface area contributed by atoms with E-state index in [9.17, 15) is 0 Å². The molecule has 0 unspecified atom stereocenters. The van der Waals surface area contributed by atoms with Crippen molar-refractivity contribution in [2.75, 3.05) is 0 Å². The summed E-state index contributed by atoms with van der Waals surface area (Å²) >= 11 is 1.64. The second-order valence-corrected chi connectivity index (χ2v) is 7.77. The number of rotatable bonds is 3. The molecule has 0 saturated heterocycles. The van der Waals surface area contributed by atoms with E-state index in [4.69, 9.17) is 0 Å². The Bertz CT molecular complexity index is 1260. The molecule has 0 radical (unpaired) electrons. The largest absolute Gasteiger partial charge is 0.281 e. The highest BCUT2D eigenvalue weighted by Gasteiger charge is 2.15. The van der Waals surface area contributed by atoms with Crippen molar-refractivity contribution in [3.8, 4) is 28.2 Å². The van der Waals surface area contributed by atoms with E-state index in [2.05, 4.69) is 82.1 Å². The van der Waals surface area contributed by atoms with Crippen LogP contribution in [0.2, 0.25) is 0 Å². The van der Waals surface area contributed by atoms with Gasteiger partial charge in [-0.25, -0.2) is 4.98 Å². The molecule has 5 rings (SSSR count). The first-order valence-corrected chi connectivity index (χ1v) is 9.99. The predicted molar refractivity (Wildman–Crippen MR) is 115 cm³/mol. The van der Waals surface area contributed by atoms with Crippen LogP contribution in [-0.2, 0) is 0 Å². The van der Waals surface area contributed by atoms with Gasteiger partial charge in [-0.2, -0.15) is 0 Å². The molecule has 0 spiro atoms. The lowest BCUT2D eigenvalue weighted by molar-refractivity contribution is 1.03. The number of thiazole rings is 1. The first-order valence-electron chi connectivity index (χ1n) is 9.11. The molecule has 0 aliphatic rings. The third-order valence-corrected chi connectivity index (χ3v) is 5.77. The van der Waals surface area contributed by atoms with Crippen molar-refractivity contribution in [1.82, 2.24) is 19.7 Å². The maximum Gasteiger partial charge on any atom is 0.168 e. The smallest absolute Gasteiger partial charge is 0.168 e. The minimum absolute atomic E-state index is 0.842. The van der Waals surface area contributed by atoms with Gasteiger partial charge in [0.05, 0.1) is 21.4 Å².